The molecular weight excluding hydrogens is 1110 g/mol. The number of nitrogens with zero attached hydrogens (tertiary/aromatic N) is 6. The van der Waals surface area contributed by atoms with E-state index in [4.69, 9.17) is 54.1 Å². The molecule has 1 amide bonds. The topological polar surface area (TPSA) is 287 Å². The van der Waals surface area contributed by atoms with E-state index in [0.29, 0.717) is 57.1 Å². The van der Waals surface area contributed by atoms with Gasteiger partial charge in [0.05, 0.1) is 47.2 Å². The number of ketones is 1. The van der Waals surface area contributed by atoms with Crippen molar-refractivity contribution in [2.75, 3.05) is 60.5 Å². The summed E-state index contributed by atoms with van der Waals surface area (Å²) in [6, 6.07) is 6.18. The smallest absolute Gasteiger partial charge is 0.405 e. The number of alkyl halides is 1. The number of halogens is 1. The lowest BCUT2D eigenvalue weighted by Gasteiger charge is -2.52. The Morgan fingerprint density at radius 3 is 2.23 bits per heavy atom. The summed E-state index contributed by atoms with van der Waals surface area (Å²) in [6.45, 7) is 19.3. The number of hydrogen-bond donors (Lipinski definition) is 4. The molecule has 2 unspecified atom stereocenters. The minimum Gasteiger partial charge on any atom is -0.458 e. The normalized spacial score (nSPS) is 36.7. The number of esters is 1. The monoisotopic (exact) mass is 1210 g/mol. The SMILES string of the molecule is CC[C@H]1OC(=O)[C@H](C)C([C@H]2C[C@@](C)(OC)[C@@H](O)[C@H](C)O2)[C@H](C)[C@@H](O[C@@H]2O[C@H](C)C[C@H](N(C)CCc3cn([C@H](CF)[C@H](OC)c4ccc(-c5cnc(N)nc5)cc4)nn3)[C@H]2O)[C@](C)(OC)C[C@@H](C)C(=O)[C@H](C)[C@@H](CCCC2CCOC2)[C@]1(C)OC(N)=O. The Morgan fingerprint density at radius 2 is 1.63 bits per heavy atom. The van der Waals surface area contributed by atoms with E-state index in [2.05, 4.69) is 20.3 Å². The first-order valence-corrected chi connectivity index (χ1v) is 30.9. The molecule has 1 aromatic carbocycles. The van der Waals surface area contributed by atoms with Gasteiger partial charge in [-0.05, 0) is 103 Å². The average molecular weight is 1210 g/mol. The van der Waals surface area contributed by atoms with Crippen LogP contribution in [0.25, 0.3) is 11.1 Å². The van der Waals surface area contributed by atoms with Gasteiger partial charge in [-0.25, -0.2) is 23.8 Å². The third kappa shape index (κ3) is 15.4. The minimum atomic E-state index is -1.53. The van der Waals surface area contributed by atoms with E-state index in [1.54, 1.807) is 46.5 Å². The van der Waals surface area contributed by atoms with E-state index in [9.17, 15) is 15.0 Å². The fraction of sp³-hybridized carbons (Fsp3) is 0.762. The number of methoxy groups -OCH3 is 3. The number of hydrogen-bond acceptors (Lipinski definition) is 20. The van der Waals surface area contributed by atoms with Crippen LogP contribution in [0.5, 0.6) is 0 Å². The maximum Gasteiger partial charge on any atom is 0.405 e. The number of Topliss-reactive ketones (excluding diaryl/α,β-unsaturated/α-hetero) is 1. The van der Waals surface area contributed by atoms with E-state index in [-0.39, 0.29) is 31.0 Å². The molecular formula is C63H99FN8O14. The summed E-state index contributed by atoms with van der Waals surface area (Å²) in [7, 11) is 6.53. The zero-order valence-corrected chi connectivity index (χ0v) is 53.1. The number of likely N-dealkylation sites (N-methyl/N-ethyl adjacent to an activating group) is 1. The molecule has 4 saturated heterocycles. The maximum absolute atomic E-state index is 15.3. The number of benzene rings is 1. The fourth-order valence-electron chi connectivity index (χ4n) is 14.7. The molecule has 0 bridgehead atoms. The van der Waals surface area contributed by atoms with Crippen LogP contribution in [0.4, 0.5) is 15.1 Å². The number of ether oxygens (including phenoxy) is 9. The molecule has 4 aliphatic rings. The van der Waals surface area contributed by atoms with Crippen LogP contribution in [0.2, 0.25) is 0 Å². The highest BCUT2D eigenvalue weighted by Gasteiger charge is 2.57. The molecule has 2 aromatic heterocycles. The summed E-state index contributed by atoms with van der Waals surface area (Å²) in [6.07, 6.45) is 0.0712. The number of nitrogen functional groups attached to an aromatic ring is 1. The number of anilines is 1. The molecule has 0 saturated carbocycles. The number of nitrogens with two attached hydrogens (primary N) is 2. The Balaban J connectivity index is 1.19. The molecule has 4 fully saturated rings. The van der Waals surface area contributed by atoms with E-state index >= 15 is 14.0 Å². The van der Waals surface area contributed by atoms with Crippen LogP contribution >= 0.6 is 0 Å². The number of amides is 1. The Kier molecular flexibility index (Phi) is 23.7. The van der Waals surface area contributed by atoms with Crippen molar-refractivity contribution < 1.29 is 71.6 Å². The van der Waals surface area contributed by atoms with Crippen LogP contribution in [-0.2, 0) is 58.6 Å². The van der Waals surface area contributed by atoms with Crippen molar-refractivity contribution >= 4 is 23.8 Å². The molecule has 0 aliphatic carbocycles. The second-order valence-electron chi connectivity index (χ2n) is 25.7. The Labute approximate surface area is 507 Å². The fourth-order valence-corrected chi connectivity index (χ4v) is 14.7. The Hall–Kier alpha value is -4.82. The van der Waals surface area contributed by atoms with Gasteiger partial charge in [-0.15, -0.1) is 5.10 Å². The van der Waals surface area contributed by atoms with Crippen molar-refractivity contribution in [3.63, 3.8) is 0 Å². The Morgan fingerprint density at radius 1 is 0.942 bits per heavy atom. The van der Waals surface area contributed by atoms with Crippen molar-refractivity contribution in [1.82, 2.24) is 29.9 Å². The van der Waals surface area contributed by atoms with E-state index in [1.807, 2.05) is 84.7 Å². The van der Waals surface area contributed by atoms with Crippen LogP contribution in [0.1, 0.15) is 144 Å². The van der Waals surface area contributed by atoms with Gasteiger partial charge in [0.2, 0.25) is 5.95 Å². The predicted molar refractivity (Wildman–Crippen MR) is 318 cm³/mol. The van der Waals surface area contributed by atoms with Gasteiger partial charge in [-0.1, -0.05) is 70.5 Å². The van der Waals surface area contributed by atoms with Gasteiger partial charge in [-0.3, -0.25) is 9.59 Å². The first kappa shape index (κ1) is 68.7. The molecule has 23 heteroatoms. The van der Waals surface area contributed by atoms with Gasteiger partial charge in [-0.2, -0.15) is 0 Å². The van der Waals surface area contributed by atoms with Gasteiger partial charge < -0.3 is 69.2 Å². The summed E-state index contributed by atoms with van der Waals surface area (Å²) in [4.78, 5) is 53.9. The molecule has 22 nitrogen and oxygen atoms in total. The van der Waals surface area contributed by atoms with Crippen LogP contribution in [0, 0.1) is 41.4 Å². The second kappa shape index (κ2) is 29.7. The first-order valence-electron chi connectivity index (χ1n) is 30.9. The summed E-state index contributed by atoms with van der Waals surface area (Å²) in [5.74, 6) is -4.65. The number of carbonyl (C=O) groups is 3. The van der Waals surface area contributed by atoms with Crippen LogP contribution in [0.3, 0.4) is 0 Å². The number of aliphatic hydroxyl groups excluding tert-OH is 2. The highest BCUT2D eigenvalue weighted by Crippen LogP contribution is 2.48. The standard InChI is InChI=1S/C63H99FN8O14/c1-15-50-63(10,86-60(66)77)46(18-16-17-41-24-26-81-34-41)37(4)52(73)35(2)28-62(9,80-14)56(38(5)51(39(6)57(76)84-50)49-29-61(8,79-13)55(75)40(7)83-49)85-58-53(74)47(27-36(3)82-58)71(11)25-23-45-33-72(70-69-45)48(30-64)54(78-12)43-21-19-42(20-22-43)44-31-67-59(65)68-32-44/h19-22,31-33,35-41,46-51,53-56,58,74-75H,15-18,23-30,34H2,1-14H3,(H2,66,77)(H2,65,67,68)/t35-,36-,37-,38+,39-,40+,41?,46-,47+,48-,49-,50-,51?,53-,54-,55+,56-,58+,61-,62-,63+/m1/s1. The zero-order chi connectivity index (χ0) is 63.0. The predicted octanol–water partition coefficient (Wildman–Crippen LogP) is 7.42. The largest absolute Gasteiger partial charge is 0.458 e. The van der Waals surface area contributed by atoms with E-state index in [0.717, 1.165) is 29.5 Å². The lowest BCUT2D eigenvalue weighted by molar-refractivity contribution is -0.305. The Bertz CT molecular complexity index is 2650. The maximum atomic E-state index is 15.3. The number of carbonyl (C=O) groups excluding carboxylic acids is 3. The molecule has 7 rings (SSSR count). The van der Waals surface area contributed by atoms with Crippen LogP contribution in [0.15, 0.2) is 42.9 Å². The molecule has 0 spiro atoms. The molecule has 6 heterocycles. The third-order valence-corrected chi connectivity index (χ3v) is 19.9. The van der Waals surface area contributed by atoms with E-state index in [1.165, 1.54) is 18.9 Å². The van der Waals surface area contributed by atoms with Gasteiger partial charge in [0.15, 0.2) is 11.9 Å². The van der Waals surface area contributed by atoms with Crippen molar-refractivity contribution in [2.24, 2.45) is 47.2 Å². The molecule has 4 aliphatic heterocycles. The second-order valence-corrected chi connectivity index (χ2v) is 25.7. The zero-order valence-electron chi connectivity index (χ0n) is 53.1. The summed E-state index contributed by atoms with van der Waals surface area (Å²) < 4.78 is 74.2. The lowest BCUT2D eigenvalue weighted by Crippen LogP contribution is -2.62. The molecule has 6 N–H and O–H groups in total. The number of rotatable bonds is 21. The lowest BCUT2D eigenvalue weighted by atomic mass is 9.66. The van der Waals surface area contributed by atoms with Gasteiger partial charge in [0, 0.05) is 108 Å². The number of primary amides is 1. The van der Waals surface area contributed by atoms with Crippen molar-refractivity contribution in [2.45, 2.75) is 211 Å². The highest BCUT2D eigenvalue weighted by molar-refractivity contribution is 5.83. The molecule has 3 aromatic rings. The van der Waals surface area contributed by atoms with E-state index < -0.39 is 138 Å². The molecule has 86 heavy (non-hydrogen) atoms. The molecule has 0 radical (unpaired) electrons. The van der Waals surface area contributed by atoms with Crippen LogP contribution < -0.4 is 11.5 Å². The highest BCUT2D eigenvalue weighted by atomic mass is 19.1. The molecule has 21 atom stereocenters. The third-order valence-electron chi connectivity index (χ3n) is 19.9. The van der Waals surface area contributed by atoms with Crippen LogP contribution in [-0.4, -0.2) is 185 Å². The number of cyclic esters (lactones) is 1. The molecule has 482 valence electrons. The van der Waals surface area contributed by atoms with Crippen molar-refractivity contribution in [1.29, 1.82) is 0 Å². The van der Waals surface area contributed by atoms with Gasteiger partial charge >= 0.3 is 12.1 Å². The number of aliphatic hydroxyl groups is 2. The average Bonchev–Trinajstić information content (AvgIpc) is 0.966. The summed E-state index contributed by atoms with van der Waals surface area (Å²) >= 11 is 0. The van der Waals surface area contributed by atoms with Gasteiger partial charge in [0.1, 0.15) is 42.9 Å². The first-order chi connectivity index (χ1) is 40.8. The summed E-state index contributed by atoms with van der Waals surface area (Å²) in [5, 5.41) is 32.9. The van der Waals surface area contributed by atoms with Gasteiger partial charge in [0.25, 0.3) is 0 Å². The van der Waals surface area contributed by atoms with Crippen molar-refractivity contribution in [3.05, 3.63) is 54.1 Å². The summed E-state index contributed by atoms with van der Waals surface area (Å²) in [5.41, 5.74) is 10.6. The minimum absolute atomic E-state index is 0.120. The number of aromatic nitrogens is 5. The quantitative estimate of drug-likeness (QED) is 0.0755. The van der Waals surface area contributed by atoms with Crippen molar-refractivity contribution in [3.8, 4) is 11.1 Å².